The smallest absolute Gasteiger partial charge is 0.325 e. The maximum Gasteiger partial charge on any atom is 0.325 e. The van der Waals surface area contributed by atoms with Crippen molar-refractivity contribution in [3.05, 3.63) is 0 Å². The number of hydrogen-bond donors (Lipinski definition) is 6. The number of unbranched alkanes of at least 4 members (excludes halogenated alkanes) is 7. The summed E-state index contributed by atoms with van der Waals surface area (Å²) in [6.45, 7) is 10.1. The standard InChI is InChI=1S/C36H66N6O8/c1-8-10-11-12-13-14-15-16-17-29-25(6)36(49)42(7)28(20-23(3)4)34(47)41-31(24(5)9-2)35(48)40-27(21-37)33(46)39-26(18-19-43)32(45)38-22-30(44)50-29/h23-29,31,43H,8-22,37H2,1-7H3,(H,38,45)(H,39,46)(H,40,48)(H,41,47)/t24?,25-,26+,27+,28+,29-,31+/m1/s1. The van der Waals surface area contributed by atoms with Crippen LogP contribution in [0.3, 0.4) is 0 Å². The molecular formula is C36H66N6O8. The lowest BCUT2D eigenvalue weighted by Crippen LogP contribution is -2.61. The van der Waals surface area contributed by atoms with Gasteiger partial charge >= 0.3 is 5.97 Å². The number of aliphatic hydroxyl groups is 1. The van der Waals surface area contributed by atoms with Gasteiger partial charge in [-0.05, 0) is 37.5 Å². The molecule has 1 unspecified atom stereocenters. The van der Waals surface area contributed by atoms with E-state index >= 15 is 0 Å². The minimum absolute atomic E-state index is 0.0144. The maximum atomic E-state index is 14.0. The van der Waals surface area contributed by atoms with Gasteiger partial charge in [0.1, 0.15) is 36.8 Å². The number of amides is 5. The molecule has 0 bridgehead atoms. The number of carbonyl (C=O) groups excluding carboxylic acids is 6. The minimum atomic E-state index is -1.26. The molecule has 1 aliphatic rings. The first-order valence-electron chi connectivity index (χ1n) is 18.7. The highest BCUT2D eigenvalue weighted by Crippen LogP contribution is 2.22. The molecule has 1 aliphatic heterocycles. The number of carbonyl (C=O) groups is 6. The molecule has 7 N–H and O–H groups in total. The van der Waals surface area contributed by atoms with Gasteiger partial charge in [-0.25, -0.2) is 0 Å². The summed E-state index contributed by atoms with van der Waals surface area (Å²) in [6, 6.07) is -4.49. The molecule has 1 saturated heterocycles. The zero-order valence-corrected chi connectivity index (χ0v) is 31.6. The van der Waals surface area contributed by atoms with Gasteiger partial charge in [0.15, 0.2) is 0 Å². The Balaban J connectivity index is 3.49. The molecular weight excluding hydrogens is 644 g/mol. The molecule has 5 amide bonds. The average molecular weight is 711 g/mol. The van der Waals surface area contributed by atoms with Gasteiger partial charge in [0.25, 0.3) is 0 Å². The van der Waals surface area contributed by atoms with Crippen LogP contribution in [0.15, 0.2) is 0 Å². The lowest BCUT2D eigenvalue weighted by Gasteiger charge is -2.34. The summed E-state index contributed by atoms with van der Waals surface area (Å²) in [5.74, 6) is -4.99. The second kappa shape index (κ2) is 24.0. The van der Waals surface area contributed by atoms with Crippen molar-refractivity contribution in [1.29, 1.82) is 0 Å². The summed E-state index contributed by atoms with van der Waals surface area (Å²) in [5.41, 5.74) is 5.84. The fourth-order valence-corrected chi connectivity index (χ4v) is 6.02. The summed E-state index contributed by atoms with van der Waals surface area (Å²) in [6.07, 6.45) is 8.74. The van der Waals surface area contributed by atoms with Gasteiger partial charge in [0.05, 0.1) is 5.92 Å². The highest BCUT2D eigenvalue weighted by Gasteiger charge is 2.38. The van der Waals surface area contributed by atoms with E-state index in [9.17, 15) is 33.9 Å². The van der Waals surface area contributed by atoms with E-state index in [0.717, 1.165) is 25.7 Å². The van der Waals surface area contributed by atoms with Crippen molar-refractivity contribution >= 4 is 35.5 Å². The Labute approximate surface area is 299 Å². The van der Waals surface area contributed by atoms with E-state index in [1.165, 1.54) is 31.2 Å². The number of nitrogens with one attached hydrogen (secondary N) is 4. The first kappa shape index (κ1) is 44.8. The van der Waals surface area contributed by atoms with Crippen LogP contribution < -0.4 is 27.0 Å². The van der Waals surface area contributed by atoms with Crippen molar-refractivity contribution in [3.8, 4) is 0 Å². The van der Waals surface area contributed by atoms with E-state index in [4.69, 9.17) is 10.5 Å². The van der Waals surface area contributed by atoms with Crippen LogP contribution in [0.4, 0.5) is 0 Å². The molecule has 0 aromatic carbocycles. The van der Waals surface area contributed by atoms with E-state index in [2.05, 4.69) is 28.2 Å². The molecule has 7 atom stereocenters. The molecule has 288 valence electrons. The van der Waals surface area contributed by atoms with E-state index in [1.807, 2.05) is 20.8 Å². The van der Waals surface area contributed by atoms with Crippen LogP contribution in [-0.4, -0.2) is 103 Å². The van der Waals surface area contributed by atoms with Crippen LogP contribution in [0, 0.1) is 17.8 Å². The van der Waals surface area contributed by atoms with Crippen molar-refractivity contribution in [1.82, 2.24) is 26.2 Å². The normalized spacial score (nSPS) is 25.8. The zero-order valence-electron chi connectivity index (χ0n) is 31.6. The van der Waals surface area contributed by atoms with Crippen LogP contribution in [0.1, 0.15) is 119 Å². The van der Waals surface area contributed by atoms with Gasteiger partial charge in [-0.3, -0.25) is 28.8 Å². The zero-order chi connectivity index (χ0) is 37.8. The van der Waals surface area contributed by atoms with Gasteiger partial charge in [0.2, 0.25) is 29.5 Å². The fourth-order valence-electron chi connectivity index (χ4n) is 6.02. The predicted octanol–water partition coefficient (Wildman–Crippen LogP) is 1.91. The second-order valence-corrected chi connectivity index (χ2v) is 14.1. The van der Waals surface area contributed by atoms with Gasteiger partial charge in [-0.15, -0.1) is 0 Å². The summed E-state index contributed by atoms with van der Waals surface area (Å²) in [4.78, 5) is 82.2. The summed E-state index contributed by atoms with van der Waals surface area (Å²) >= 11 is 0. The third-order valence-electron chi connectivity index (χ3n) is 9.50. The first-order chi connectivity index (χ1) is 23.7. The molecule has 0 aromatic heterocycles. The molecule has 0 radical (unpaired) electrons. The topological polar surface area (TPSA) is 209 Å². The largest absolute Gasteiger partial charge is 0.460 e. The number of cyclic esters (lactones) is 1. The van der Waals surface area contributed by atoms with Gasteiger partial charge in [-0.2, -0.15) is 0 Å². The number of nitrogens with two attached hydrogens (primary N) is 1. The Bertz CT molecular complexity index is 1090. The molecule has 0 aromatic rings. The summed E-state index contributed by atoms with van der Waals surface area (Å²) < 4.78 is 5.82. The van der Waals surface area contributed by atoms with E-state index in [1.54, 1.807) is 13.8 Å². The third-order valence-corrected chi connectivity index (χ3v) is 9.50. The van der Waals surface area contributed by atoms with Crippen molar-refractivity contribution < 1.29 is 38.6 Å². The lowest BCUT2D eigenvalue weighted by atomic mass is 9.94. The Hall–Kier alpha value is -3.26. The maximum absolute atomic E-state index is 14.0. The van der Waals surface area contributed by atoms with Crippen molar-refractivity contribution in [3.63, 3.8) is 0 Å². The second-order valence-electron chi connectivity index (χ2n) is 14.1. The fraction of sp³-hybridized carbons (Fsp3) is 0.833. The van der Waals surface area contributed by atoms with E-state index in [-0.39, 0.29) is 24.8 Å². The van der Waals surface area contributed by atoms with Crippen molar-refractivity contribution in [2.75, 3.05) is 26.7 Å². The highest BCUT2D eigenvalue weighted by molar-refractivity contribution is 5.96. The van der Waals surface area contributed by atoms with E-state index in [0.29, 0.717) is 25.7 Å². The van der Waals surface area contributed by atoms with Crippen LogP contribution in [0.2, 0.25) is 0 Å². The molecule has 0 spiro atoms. The van der Waals surface area contributed by atoms with Crippen molar-refractivity contribution in [2.24, 2.45) is 23.5 Å². The minimum Gasteiger partial charge on any atom is -0.460 e. The molecule has 14 nitrogen and oxygen atoms in total. The molecule has 1 fully saturated rings. The molecule has 1 heterocycles. The molecule has 0 aliphatic carbocycles. The van der Waals surface area contributed by atoms with Gasteiger partial charge in [0, 0.05) is 20.2 Å². The number of rotatable bonds is 16. The van der Waals surface area contributed by atoms with Crippen LogP contribution >= 0.6 is 0 Å². The Kier molecular flexibility index (Phi) is 21.5. The molecule has 50 heavy (non-hydrogen) atoms. The SMILES string of the molecule is CCCCCCCCCC[C@H]1OC(=O)CNC(=O)[C@H](CCO)NC(=O)[C@H](CN)NC(=O)[C@H](C(C)CC)NC(=O)[C@H](CC(C)C)N(C)C(=O)[C@@H]1C. The summed E-state index contributed by atoms with van der Waals surface area (Å²) in [5, 5.41) is 20.0. The number of hydrogen-bond acceptors (Lipinski definition) is 9. The molecule has 0 saturated carbocycles. The Morgan fingerprint density at radius 2 is 1.42 bits per heavy atom. The monoisotopic (exact) mass is 710 g/mol. The summed E-state index contributed by atoms with van der Waals surface area (Å²) in [7, 11) is 1.54. The van der Waals surface area contributed by atoms with E-state index < -0.39 is 84.8 Å². The third kappa shape index (κ3) is 15.3. The number of esters is 1. The van der Waals surface area contributed by atoms with Crippen LogP contribution in [-0.2, 0) is 33.5 Å². The van der Waals surface area contributed by atoms with Crippen LogP contribution in [0.25, 0.3) is 0 Å². The first-order valence-corrected chi connectivity index (χ1v) is 18.7. The highest BCUT2D eigenvalue weighted by atomic mass is 16.5. The number of aliphatic hydroxyl groups excluding tert-OH is 1. The van der Waals surface area contributed by atoms with Gasteiger partial charge in [-0.1, -0.05) is 92.9 Å². The van der Waals surface area contributed by atoms with Crippen LogP contribution in [0.5, 0.6) is 0 Å². The molecule has 1 rings (SSSR count). The Morgan fingerprint density at radius 3 is 1.98 bits per heavy atom. The number of nitrogens with zero attached hydrogens (tertiary/aromatic N) is 1. The molecule has 14 heteroatoms. The predicted molar refractivity (Wildman–Crippen MR) is 191 cm³/mol. The van der Waals surface area contributed by atoms with Gasteiger partial charge < -0.3 is 41.7 Å². The van der Waals surface area contributed by atoms with Crippen molar-refractivity contribution in [2.45, 2.75) is 149 Å². The quantitative estimate of drug-likeness (QED) is 0.102. The number of likely N-dealkylation sites (N-methyl/N-ethyl adjacent to an activating group) is 1. The lowest BCUT2D eigenvalue weighted by molar-refractivity contribution is -0.157. The Morgan fingerprint density at radius 1 is 0.820 bits per heavy atom. The average Bonchev–Trinajstić information content (AvgIpc) is 3.08. The number of ether oxygens (including phenoxy) is 1.